The smallest absolute Gasteiger partial charge is 0.276 e. The summed E-state index contributed by atoms with van der Waals surface area (Å²) in [5.74, 6) is -0.617. The summed E-state index contributed by atoms with van der Waals surface area (Å²) < 4.78 is 0. The summed E-state index contributed by atoms with van der Waals surface area (Å²) in [4.78, 5) is 36.6. The Labute approximate surface area is 148 Å². The first-order chi connectivity index (χ1) is 12.6. The minimum atomic E-state index is -0.461. The first kappa shape index (κ1) is 16.0. The molecule has 0 aliphatic heterocycles. The molecule has 0 bridgehead atoms. The number of anilines is 1. The minimum absolute atomic E-state index is 0.119. The lowest BCUT2D eigenvalue weighted by molar-refractivity contribution is 0.0949. The number of nitrogens with one attached hydrogen (secondary N) is 3. The summed E-state index contributed by atoms with van der Waals surface area (Å²) in [7, 11) is 0. The number of aromatic amines is 1. The maximum atomic E-state index is 12.6. The molecule has 1 saturated carbocycles. The van der Waals surface area contributed by atoms with Crippen LogP contribution in [0.3, 0.4) is 0 Å². The summed E-state index contributed by atoms with van der Waals surface area (Å²) in [5.41, 5.74) is 0.730. The van der Waals surface area contributed by atoms with Crippen LogP contribution in [0.5, 0.6) is 0 Å². The Morgan fingerprint density at radius 3 is 2.54 bits per heavy atom. The molecule has 130 valence electrons. The van der Waals surface area contributed by atoms with Gasteiger partial charge in [-0.15, -0.1) is 0 Å². The van der Waals surface area contributed by atoms with Gasteiger partial charge >= 0.3 is 0 Å². The van der Waals surface area contributed by atoms with Crippen molar-refractivity contribution in [2.45, 2.75) is 18.9 Å². The summed E-state index contributed by atoms with van der Waals surface area (Å²) in [6.45, 7) is 0. The summed E-state index contributed by atoms with van der Waals surface area (Å²) in [6.07, 6.45) is 2.01. The lowest BCUT2D eigenvalue weighted by atomic mass is 10.1. The van der Waals surface area contributed by atoms with Crippen molar-refractivity contribution in [3.8, 4) is 0 Å². The van der Waals surface area contributed by atoms with E-state index in [2.05, 4.69) is 20.8 Å². The fourth-order valence-corrected chi connectivity index (χ4v) is 2.71. The van der Waals surface area contributed by atoms with Gasteiger partial charge in [-0.2, -0.15) is 5.10 Å². The van der Waals surface area contributed by atoms with Gasteiger partial charge in [0.05, 0.1) is 5.39 Å². The van der Waals surface area contributed by atoms with Gasteiger partial charge in [0.25, 0.3) is 17.4 Å². The normalized spacial score (nSPS) is 13.4. The van der Waals surface area contributed by atoms with Gasteiger partial charge in [-0.05, 0) is 37.1 Å². The second kappa shape index (κ2) is 6.44. The SMILES string of the molecule is O=C(NC1CC1)c1cccc(NC(=O)c2n[nH]c(=O)c3ccccc23)c1. The molecular weight excluding hydrogens is 332 g/mol. The highest BCUT2D eigenvalue weighted by Crippen LogP contribution is 2.20. The fraction of sp³-hybridized carbons (Fsp3) is 0.158. The minimum Gasteiger partial charge on any atom is -0.349 e. The van der Waals surface area contributed by atoms with Crippen molar-refractivity contribution in [2.75, 3.05) is 5.32 Å². The Morgan fingerprint density at radius 1 is 1.00 bits per heavy atom. The molecule has 3 N–H and O–H groups in total. The lowest BCUT2D eigenvalue weighted by Crippen LogP contribution is -2.25. The molecule has 3 aromatic rings. The molecule has 1 fully saturated rings. The van der Waals surface area contributed by atoms with Crippen molar-refractivity contribution < 1.29 is 9.59 Å². The number of H-pyrrole nitrogens is 1. The molecule has 1 aliphatic carbocycles. The molecule has 1 heterocycles. The van der Waals surface area contributed by atoms with Crippen LogP contribution in [-0.2, 0) is 0 Å². The molecular formula is C19H16N4O3. The van der Waals surface area contributed by atoms with E-state index in [1.165, 1.54) is 0 Å². The van der Waals surface area contributed by atoms with Gasteiger partial charge in [0.15, 0.2) is 5.69 Å². The third kappa shape index (κ3) is 3.19. The molecule has 7 nitrogen and oxygen atoms in total. The Kier molecular flexibility index (Phi) is 3.96. The van der Waals surface area contributed by atoms with Gasteiger partial charge in [-0.25, -0.2) is 5.10 Å². The molecule has 2 amide bonds. The number of nitrogens with zero attached hydrogens (tertiary/aromatic N) is 1. The highest BCUT2D eigenvalue weighted by molar-refractivity contribution is 6.11. The number of carbonyl (C=O) groups excluding carboxylic acids is 2. The molecule has 0 atom stereocenters. The molecule has 1 aromatic heterocycles. The molecule has 7 heteroatoms. The number of rotatable bonds is 4. The number of fused-ring (bicyclic) bond motifs is 1. The monoisotopic (exact) mass is 348 g/mol. The highest BCUT2D eigenvalue weighted by Gasteiger charge is 2.24. The van der Waals surface area contributed by atoms with Crippen LogP contribution >= 0.6 is 0 Å². The number of carbonyl (C=O) groups is 2. The first-order valence-corrected chi connectivity index (χ1v) is 8.31. The van der Waals surface area contributed by atoms with E-state index in [0.717, 1.165) is 12.8 Å². The summed E-state index contributed by atoms with van der Waals surface area (Å²) >= 11 is 0. The Balaban J connectivity index is 1.60. The zero-order valence-electron chi connectivity index (χ0n) is 13.8. The van der Waals surface area contributed by atoms with Crippen molar-refractivity contribution in [1.29, 1.82) is 0 Å². The largest absolute Gasteiger partial charge is 0.349 e. The Hall–Kier alpha value is -3.48. The molecule has 1 aliphatic rings. The average Bonchev–Trinajstić information content (AvgIpc) is 3.46. The Bertz CT molecular complexity index is 1070. The van der Waals surface area contributed by atoms with Gasteiger partial charge in [0.1, 0.15) is 0 Å². The maximum absolute atomic E-state index is 12.6. The fourth-order valence-electron chi connectivity index (χ4n) is 2.71. The van der Waals surface area contributed by atoms with E-state index in [1.807, 2.05) is 0 Å². The van der Waals surface area contributed by atoms with Crippen LogP contribution in [0, 0.1) is 0 Å². The molecule has 4 rings (SSSR count). The van der Waals surface area contributed by atoms with Crippen LogP contribution in [-0.4, -0.2) is 28.1 Å². The van der Waals surface area contributed by atoms with Crippen molar-refractivity contribution >= 4 is 28.3 Å². The summed E-state index contributed by atoms with van der Waals surface area (Å²) in [5, 5.41) is 12.7. The maximum Gasteiger partial charge on any atom is 0.276 e. The molecule has 26 heavy (non-hydrogen) atoms. The van der Waals surface area contributed by atoms with Gasteiger partial charge in [0, 0.05) is 22.7 Å². The van der Waals surface area contributed by atoms with E-state index in [0.29, 0.717) is 22.0 Å². The molecule has 0 radical (unpaired) electrons. The number of hydrogen-bond acceptors (Lipinski definition) is 4. The zero-order valence-corrected chi connectivity index (χ0v) is 13.8. The predicted octanol–water partition coefficient (Wildman–Crippen LogP) is 2.07. The average molecular weight is 348 g/mol. The van der Waals surface area contributed by atoms with Crippen LogP contribution < -0.4 is 16.2 Å². The number of hydrogen-bond donors (Lipinski definition) is 3. The van der Waals surface area contributed by atoms with Gasteiger partial charge in [-0.1, -0.05) is 24.3 Å². The predicted molar refractivity (Wildman–Crippen MR) is 97.2 cm³/mol. The van der Waals surface area contributed by atoms with Crippen molar-refractivity contribution in [2.24, 2.45) is 0 Å². The van der Waals surface area contributed by atoms with Crippen LogP contribution in [0.25, 0.3) is 10.8 Å². The number of aromatic nitrogens is 2. The molecule has 0 unspecified atom stereocenters. The molecule has 0 saturated heterocycles. The van der Waals surface area contributed by atoms with Gasteiger partial charge < -0.3 is 10.6 Å². The second-order valence-corrected chi connectivity index (χ2v) is 6.23. The van der Waals surface area contributed by atoms with Crippen LogP contribution in [0.1, 0.15) is 33.7 Å². The molecule has 2 aromatic carbocycles. The van der Waals surface area contributed by atoms with E-state index in [-0.39, 0.29) is 23.2 Å². The second-order valence-electron chi connectivity index (χ2n) is 6.23. The third-order valence-electron chi connectivity index (χ3n) is 4.21. The number of benzene rings is 2. The van der Waals surface area contributed by atoms with E-state index in [9.17, 15) is 14.4 Å². The lowest BCUT2D eigenvalue weighted by Gasteiger charge is -2.09. The first-order valence-electron chi connectivity index (χ1n) is 8.31. The topological polar surface area (TPSA) is 104 Å². The number of amides is 2. The van der Waals surface area contributed by atoms with E-state index in [4.69, 9.17) is 0 Å². The van der Waals surface area contributed by atoms with Crippen LogP contribution in [0.15, 0.2) is 53.3 Å². The molecule has 0 spiro atoms. The van der Waals surface area contributed by atoms with Crippen LogP contribution in [0.4, 0.5) is 5.69 Å². The van der Waals surface area contributed by atoms with Crippen molar-refractivity contribution in [3.63, 3.8) is 0 Å². The standard InChI is InChI=1S/C19H16N4O3/c24-17(20-12-8-9-12)11-4-3-5-13(10-11)21-19(26)16-14-6-1-2-7-15(14)18(25)23-22-16/h1-7,10,12H,8-9H2,(H,20,24)(H,21,26)(H,23,25). The quantitative estimate of drug-likeness (QED) is 0.671. The highest BCUT2D eigenvalue weighted by atomic mass is 16.2. The van der Waals surface area contributed by atoms with E-state index >= 15 is 0 Å². The van der Waals surface area contributed by atoms with E-state index in [1.54, 1.807) is 48.5 Å². The van der Waals surface area contributed by atoms with Crippen molar-refractivity contribution in [1.82, 2.24) is 15.5 Å². The van der Waals surface area contributed by atoms with Crippen molar-refractivity contribution in [3.05, 3.63) is 70.1 Å². The Morgan fingerprint density at radius 2 is 1.77 bits per heavy atom. The van der Waals surface area contributed by atoms with Crippen LogP contribution in [0.2, 0.25) is 0 Å². The van der Waals surface area contributed by atoms with E-state index < -0.39 is 5.91 Å². The summed E-state index contributed by atoms with van der Waals surface area (Å²) in [6, 6.07) is 13.7. The third-order valence-corrected chi connectivity index (χ3v) is 4.21. The van der Waals surface area contributed by atoms with Gasteiger partial charge in [-0.3, -0.25) is 14.4 Å². The zero-order chi connectivity index (χ0) is 18.1. The van der Waals surface area contributed by atoms with Gasteiger partial charge in [0.2, 0.25) is 0 Å².